The number of halogens is 1. The average Bonchev–Trinajstić information content (AvgIpc) is 2.27. The summed E-state index contributed by atoms with van der Waals surface area (Å²) >= 11 is 0. The molecule has 0 aliphatic rings. The van der Waals surface area contributed by atoms with E-state index >= 15 is 0 Å². The molecule has 18 heavy (non-hydrogen) atoms. The van der Waals surface area contributed by atoms with Crippen LogP contribution in [0.4, 0.5) is 4.39 Å². The van der Waals surface area contributed by atoms with Gasteiger partial charge in [-0.2, -0.15) is 0 Å². The molecule has 0 fully saturated rings. The van der Waals surface area contributed by atoms with Crippen molar-refractivity contribution in [3.63, 3.8) is 0 Å². The molecule has 0 heterocycles. The Labute approximate surface area is 104 Å². The standard InChI is InChI=1S/C12H15FN2O3/c1-12(2,11(14)18)15-6-8-5-7(10(16)17)3-4-9(8)13/h3-5,15H,6H2,1-2H3,(H2,14,18)(H,16,17). The molecule has 5 nitrogen and oxygen atoms in total. The van der Waals surface area contributed by atoms with Crippen molar-refractivity contribution in [2.24, 2.45) is 5.73 Å². The highest BCUT2D eigenvalue weighted by Crippen LogP contribution is 2.12. The molecule has 0 atom stereocenters. The molecule has 0 bridgehead atoms. The Balaban J connectivity index is 2.88. The van der Waals surface area contributed by atoms with Crippen molar-refractivity contribution in [2.45, 2.75) is 25.9 Å². The SMILES string of the molecule is CC(C)(NCc1cc(C(=O)O)ccc1F)C(N)=O. The van der Waals surface area contributed by atoms with Gasteiger partial charge in [-0.05, 0) is 32.0 Å². The number of carboxylic acids is 1. The highest BCUT2D eigenvalue weighted by atomic mass is 19.1. The second kappa shape index (κ2) is 5.14. The maximum atomic E-state index is 13.5. The summed E-state index contributed by atoms with van der Waals surface area (Å²) in [5.41, 5.74) is 4.33. The van der Waals surface area contributed by atoms with Crippen molar-refractivity contribution in [1.82, 2.24) is 5.32 Å². The molecule has 1 rings (SSSR count). The lowest BCUT2D eigenvalue weighted by atomic mass is 10.0. The van der Waals surface area contributed by atoms with Gasteiger partial charge >= 0.3 is 5.97 Å². The van der Waals surface area contributed by atoms with Gasteiger partial charge in [0.25, 0.3) is 0 Å². The molecule has 0 saturated carbocycles. The number of hydrogen-bond acceptors (Lipinski definition) is 3. The third kappa shape index (κ3) is 3.27. The van der Waals surface area contributed by atoms with E-state index in [1.165, 1.54) is 12.1 Å². The number of nitrogens with one attached hydrogen (secondary N) is 1. The van der Waals surface area contributed by atoms with Gasteiger partial charge in [0.1, 0.15) is 5.82 Å². The Morgan fingerprint density at radius 1 is 1.44 bits per heavy atom. The van der Waals surface area contributed by atoms with Gasteiger partial charge in [-0.15, -0.1) is 0 Å². The Hall–Kier alpha value is -1.95. The van der Waals surface area contributed by atoms with Crippen molar-refractivity contribution in [3.05, 3.63) is 35.1 Å². The van der Waals surface area contributed by atoms with Gasteiger partial charge in [0, 0.05) is 12.1 Å². The van der Waals surface area contributed by atoms with Gasteiger partial charge in [-0.1, -0.05) is 0 Å². The molecular weight excluding hydrogens is 239 g/mol. The summed E-state index contributed by atoms with van der Waals surface area (Å²) in [6.07, 6.45) is 0. The molecule has 1 amide bonds. The summed E-state index contributed by atoms with van der Waals surface area (Å²) in [5.74, 6) is -2.24. The molecule has 4 N–H and O–H groups in total. The fourth-order valence-electron chi connectivity index (χ4n) is 1.25. The summed E-state index contributed by atoms with van der Waals surface area (Å²) in [6.45, 7) is 3.14. The third-order valence-electron chi connectivity index (χ3n) is 2.63. The first kappa shape index (κ1) is 14.1. The number of carboxylic acid groups (broad SMARTS) is 1. The second-order valence-corrected chi connectivity index (χ2v) is 4.45. The molecule has 98 valence electrons. The highest BCUT2D eigenvalue weighted by molar-refractivity contribution is 5.87. The number of hydrogen-bond donors (Lipinski definition) is 3. The molecule has 0 aliphatic heterocycles. The van der Waals surface area contributed by atoms with E-state index in [1.807, 2.05) is 0 Å². The van der Waals surface area contributed by atoms with Crippen LogP contribution in [-0.4, -0.2) is 22.5 Å². The van der Waals surface area contributed by atoms with Crippen LogP contribution in [0.1, 0.15) is 29.8 Å². The van der Waals surface area contributed by atoms with Crippen molar-refractivity contribution in [1.29, 1.82) is 0 Å². The fourth-order valence-corrected chi connectivity index (χ4v) is 1.25. The topological polar surface area (TPSA) is 92.4 Å². The minimum atomic E-state index is -1.13. The Morgan fingerprint density at radius 3 is 2.56 bits per heavy atom. The van der Waals surface area contributed by atoms with E-state index in [2.05, 4.69) is 5.32 Å². The molecule has 0 aromatic heterocycles. The minimum Gasteiger partial charge on any atom is -0.478 e. The molecule has 0 spiro atoms. The number of nitrogens with two attached hydrogens (primary N) is 1. The molecule has 0 unspecified atom stereocenters. The zero-order chi connectivity index (χ0) is 13.9. The molecule has 1 aromatic carbocycles. The van der Waals surface area contributed by atoms with E-state index in [1.54, 1.807) is 13.8 Å². The normalized spacial score (nSPS) is 11.3. The number of amides is 1. The van der Waals surface area contributed by atoms with Crippen molar-refractivity contribution in [2.75, 3.05) is 0 Å². The van der Waals surface area contributed by atoms with Crippen LogP contribution in [0, 0.1) is 5.82 Å². The van der Waals surface area contributed by atoms with E-state index < -0.39 is 23.2 Å². The van der Waals surface area contributed by atoms with E-state index in [4.69, 9.17) is 10.8 Å². The van der Waals surface area contributed by atoms with Crippen molar-refractivity contribution in [3.8, 4) is 0 Å². The van der Waals surface area contributed by atoms with Gasteiger partial charge in [-0.3, -0.25) is 10.1 Å². The Morgan fingerprint density at radius 2 is 2.06 bits per heavy atom. The number of primary amides is 1. The summed E-state index contributed by atoms with van der Waals surface area (Å²) < 4.78 is 13.5. The van der Waals surface area contributed by atoms with Crippen LogP contribution < -0.4 is 11.1 Å². The summed E-state index contributed by atoms with van der Waals surface area (Å²) in [7, 11) is 0. The largest absolute Gasteiger partial charge is 0.478 e. The van der Waals surface area contributed by atoms with E-state index in [9.17, 15) is 14.0 Å². The van der Waals surface area contributed by atoms with Crippen LogP contribution in [0.2, 0.25) is 0 Å². The molecule has 1 aromatic rings. The quantitative estimate of drug-likeness (QED) is 0.727. The molecule has 0 aliphatic carbocycles. The van der Waals surface area contributed by atoms with E-state index in [-0.39, 0.29) is 17.7 Å². The number of rotatable bonds is 5. The lowest BCUT2D eigenvalue weighted by molar-refractivity contribution is -0.123. The van der Waals surface area contributed by atoms with E-state index in [0.29, 0.717) is 0 Å². The number of carbonyl (C=O) groups excluding carboxylic acids is 1. The van der Waals surface area contributed by atoms with Gasteiger partial charge in [0.15, 0.2) is 0 Å². The second-order valence-electron chi connectivity index (χ2n) is 4.45. The Bertz CT molecular complexity index is 486. The van der Waals surface area contributed by atoms with Crippen molar-refractivity contribution >= 4 is 11.9 Å². The molecule has 0 radical (unpaired) electrons. The van der Waals surface area contributed by atoms with Crippen molar-refractivity contribution < 1.29 is 19.1 Å². The first-order valence-corrected chi connectivity index (χ1v) is 5.30. The molecule has 6 heteroatoms. The molecular formula is C12H15FN2O3. The van der Waals surface area contributed by atoms with Gasteiger partial charge in [-0.25, -0.2) is 9.18 Å². The Kier molecular flexibility index (Phi) is 4.03. The average molecular weight is 254 g/mol. The van der Waals surface area contributed by atoms with Crippen LogP contribution >= 0.6 is 0 Å². The fraction of sp³-hybridized carbons (Fsp3) is 0.333. The molecule has 0 saturated heterocycles. The van der Waals surface area contributed by atoms with E-state index in [0.717, 1.165) is 6.07 Å². The lowest BCUT2D eigenvalue weighted by Gasteiger charge is -2.22. The zero-order valence-corrected chi connectivity index (χ0v) is 10.2. The van der Waals surface area contributed by atoms with Crippen LogP contribution in [0.25, 0.3) is 0 Å². The van der Waals surface area contributed by atoms with Gasteiger partial charge < -0.3 is 10.8 Å². The first-order valence-electron chi connectivity index (χ1n) is 5.30. The lowest BCUT2D eigenvalue weighted by Crippen LogP contribution is -2.50. The predicted molar refractivity (Wildman–Crippen MR) is 63.5 cm³/mol. The minimum absolute atomic E-state index is 0.00918. The summed E-state index contributed by atoms with van der Waals surface area (Å²) in [4.78, 5) is 21.8. The first-order chi connectivity index (χ1) is 8.24. The number of aromatic carboxylic acids is 1. The predicted octanol–water partition coefficient (Wildman–Crippen LogP) is 0.877. The number of carbonyl (C=O) groups is 2. The monoisotopic (exact) mass is 254 g/mol. The number of benzene rings is 1. The van der Waals surface area contributed by atoms with Crippen LogP contribution in [0.5, 0.6) is 0 Å². The maximum absolute atomic E-state index is 13.5. The van der Waals surface area contributed by atoms with Crippen LogP contribution in [-0.2, 0) is 11.3 Å². The zero-order valence-electron chi connectivity index (χ0n) is 10.2. The maximum Gasteiger partial charge on any atom is 0.335 e. The third-order valence-corrected chi connectivity index (χ3v) is 2.63. The van der Waals surface area contributed by atoms with Gasteiger partial charge in [0.05, 0.1) is 11.1 Å². The summed E-state index contributed by atoms with van der Waals surface area (Å²) in [6, 6.07) is 3.49. The van der Waals surface area contributed by atoms with Crippen LogP contribution in [0.15, 0.2) is 18.2 Å². The van der Waals surface area contributed by atoms with Crippen LogP contribution in [0.3, 0.4) is 0 Å². The highest BCUT2D eigenvalue weighted by Gasteiger charge is 2.24. The smallest absolute Gasteiger partial charge is 0.335 e. The van der Waals surface area contributed by atoms with Gasteiger partial charge in [0.2, 0.25) is 5.91 Å². The summed E-state index contributed by atoms with van der Waals surface area (Å²) in [5, 5.41) is 11.6.